The van der Waals surface area contributed by atoms with Crippen LogP contribution in [0.25, 0.3) is 0 Å². The number of nitrogens with one attached hydrogen (secondary N) is 1. The van der Waals surface area contributed by atoms with Crippen molar-refractivity contribution in [3.05, 3.63) is 10.4 Å². The van der Waals surface area contributed by atoms with Gasteiger partial charge in [0, 0.05) is 12.0 Å². The third kappa shape index (κ3) is 5.16. The molecule has 7 nitrogen and oxygen atoms in total. The van der Waals surface area contributed by atoms with E-state index in [-0.39, 0.29) is 47.0 Å². The first-order valence-electron chi connectivity index (χ1n) is 2.84. The molecule has 0 aliphatic carbocycles. The van der Waals surface area contributed by atoms with Crippen LogP contribution in [0.2, 0.25) is 0 Å². The monoisotopic (exact) mass is 184 g/mol. The Kier molecular flexibility index (Phi) is 8.34. The third-order valence-electron chi connectivity index (χ3n) is 1.01. The summed E-state index contributed by atoms with van der Waals surface area (Å²) in [5.74, 6) is -0.364. The van der Waals surface area contributed by atoms with Gasteiger partial charge in [-0.05, 0) is 5.28 Å². The summed E-state index contributed by atoms with van der Waals surface area (Å²) in [4.78, 5) is 10.4. The minimum Gasteiger partial charge on any atom is -0.737 e. The zero-order valence-corrected chi connectivity index (χ0v) is 9.27. The maximum atomic E-state index is 10.6. The fourth-order valence-corrected chi connectivity index (χ4v) is 0.410. The van der Waals surface area contributed by atoms with E-state index in [4.69, 9.17) is 0 Å². The van der Waals surface area contributed by atoms with Gasteiger partial charge in [0.2, 0.25) is 5.91 Å². The number of likely N-dealkylation sites (N-methyl/N-ethyl adjacent to an activating group) is 2. The summed E-state index contributed by atoms with van der Waals surface area (Å²) in [7, 11) is 2.71. The Bertz CT molecular complexity index is 174. The number of nitrogens with zero attached hydrogens (tertiary/aromatic N) is 3. The molecule has 0 aliphatic rings. The number of hydrogen-bond acceptors (Lipinski definition) is 4. The third-order valence-corrected chi connectivity index (χ3v) is 1.01. The van der Waals surface area contributed by atoms with Gasteiger partial charge in [0.05, 0.1) is 7.05 Å². The van der Waals surface area contributed by atoms with E-state index in [0.29, 0.717) is 0 Å². The van der Waals surface area contributed by atoms with E-state index in [1.165, 1.54) is 14.1 Å². The molecule has 0 spiro atoms. The van der Waals surface area contributed by atoms with Crippen molar-refractivity contribution in [2.75, 3.05) is 20.6 Å². The minimum absolute atomic E-state index is 0. The smallest absolute Gasteiger partial charge is 0.737 e. The van der Waals surface area contributed by atoms with Crippen LogP contribution in [0.4, 0.5) is 0 Å². The second-order valence-corrected chi connectivity index (χ2v) is 1.82. The average Bonchev–Trinajstić information content (AvgIpc) is 2.02. The molecule has 12 heavy (non-hydrogen) atoms. The van der Waals surface area contributed by atoms with Crippen LogP contribution in [0.1, 0.15) is 0 Å². The van der Waals surface area contributed by atoms with Gasteiger partial charge in [0.25, 0.3) is 0 Å². The molecule has 0 unspecified atom stereocenters. The van der Waals surface area contributed by atoms with E-state index in [1.54, 1.807) is 0 Å². The fraction of sp³-hybridized carbons (Fsp3) is 0.750. The van der Waals surface area contributed by atoms with Crippen molar-refractivity contribution in [3.63, 3.8) is 0 Å². The van der Waals surface area contributed by atoms with Crippen LogP contribution in [0.3, 0.4) is 0 Å². The summed E-state index contributed by atoms with van der Waals surface area (Å²) < 4.78 is 0. The van der Waals surface area contributed by atoms with E-state index < -0.39 is 0 Å². The molecule has 0 aliphatic heterocycles. The second-order valence-electron chi connectivity index (χ2n) is 1.82. The zero-order chi connectivity index (χ0) is 8.85. The topological polar surface area (TPSA) is 93.8 Å². The van der Waals surface area contributed by atoms with Gasteiger partial charge in [-0.25, -0.2) is 0 Å². The van der Waals surface area contributed by atoms with Crippen molar-refractivity contribution in [3.8, 4) is 0 Å². The summed E-state index contributed by atoms with van der Waals surface area (Å²) >= 11 is 0. The van der Waals surface area contributed by atoms with Gasteiger partial charge in [-0.1, -0.05) is 0 Å². The molecule has 8 heteroatoms. The summed E-state index contributed by atoms with van der Waals surface area (Å²) in [6.07, 6.45) is 0. The van der Waals surface area contributed by atoms with Gasteiger partial charge >= 0.3 is 29.6 Å². The maximum absolute atomic E-state index is 10.6. The standard InChI is InChI=1S/C4H10N4O3.Na/c1-5-4(9)3-7(2)8(11)6-10;/h10H,3H2,1-2H3,(H,5,9);/q;+1/p-1/b8-6-;. The molecule has 1 N–H and O–H groups in total. The Balaban J connectivity index is 0. The molecule has 0 saturated carbocycles. The van der Waals surface area contributed by atoms with E-state index >= 15 is 0 Å². The van der Waals surface area contributed by atoms with Crippen LogP contribution in [0, 0.1) is 10.4 Å². The summed E-state index contributed by atoms with van der Waals surface area (Å²) in [6, 6.07) is 0. The average molecular weight is 184 g/mol. The maximum Gasteiger partial charge on any atom is 1.00 e. The summed E-state index contributed by atoms with van der Waals surface area (Å²) in [5.41, 5.74) is 0. The molecule has 64 valence electrons. The van der Waals surface area contributed by atoms with Crippen LogP contribution in [-0.4, -0.2) is 36.5 Å². The Morgan fingerprint density at radius 2 is 2.25 bits per heavy atom. The minimum atomic E-state index is -0.364. The predicted molar refractivity (Wildman–Crippen MR) is 36.1 cm³/mol. The van der Waals surface area contributed by atoms with Crippen molar-refractivity contribution < 1.29 is 39.3 Å². The van der Waals surface area contributed by atoms with Crippen LogP contribution < -0.4 is 34.9 Å². The number of amides is 1. The van der Waals surface area contributed by atoms with Crippen molar-refractivity contribution >= 4 is 5.91 Å². The van der Waals surface area contributed by atoms with Crippen LogP contribution in [0.5, 0.6) is 0 Å². The molecule has 0 aromatic heterocycles. The molecule has 1 amide bonds. The van der Waals surface area contributed by atoms with Crippen molar-refractivity contribution in [1.82, 2.24) is 10.3 Å². The van der Waals surface area contributed by atoms with Gasteiger partial charge in [-0.3, -0.25) is 4.79 Å². The predicted octanol–water partition coefficient (Wildman–Crippen LogP) is -3.96. The Labute approximate surface area is 91.8 Å². The van der Waals surface area contributed by atoms with Crippen molar-refractivity contribution in [1.29, 1.82) is 0 Å². The normalized spacial score (nSPS) is 10.0. The summed E-state index contributed by atoms with van der Waals surface area (Å²) in [6.45, 7) is -0.189. The Morgan fingerprint density at radius 1 is 1.75 bits per heavy atom. The number of carbonyl (C=O) groups excluding carboxylic acids is 1. The quantitative estimate of drug-likeness (QED) is 0.209. The van der Waals surface area contributed by atoms with E-state index in [9.17, 15) is 15.2 Å². The molecular weight excluding hydrogens is 175 g/mol. The van der Waals surface area contributed by atoms with Crippen LogP contribution >= 0.6 is 0 Å². The molecule has 0 saturated heterocycles. The van der Waals surface area contributed by atoms with Gasteiger partial charge < -0.3 is 15.7 Å². The zero-order valence-electron chi connectivity index (χ0n) is 7.27. The van der Waals surface area contributed by atoms with Gasteiger partial charge in [0.1, 0.15) is 0 Å². The Hall–Kier alpha value is -0.530. The van der Waals surface area contributed by atoms with Gasteiger partial charge in [-0.15, -0.1) is 5.01 Å². The van der Waals surface area contributed by atoms with Gasteiger partial charge in [0.15, 0.2) is 6.54 Å². The Morgan fingerprint density at radius 3 is 2.58 bits per heavy atom. The molecule has 0 radical (unpaired) electrons. The van der Waals surface area contributed by atoms with Crippen LogP contribution in [-0.2, 0) is 4.79 Å². The number of hydrogen-bond donors (Lipinski definition) is 1. The first-order chi connectivity index (χ1) is 5.11. The fourth-order valence-electron chi connectivity index (χ4n) is 0.410. The van der Waals surface area contributed by atoms with E-state index in [1.807, 2.05) is 5.28 Å². The molecule has 0 bridgehead atoms. The molecule has 0 aromatic rings. The largest absolute Gasteiger partial charge is 1.00 e. The molecule has 0 heterocycles. The molecule has 0 aromatic carbocycles. The van der Waals surface area contributed by atoms with E-state index in [0.717, 1.165) is 5.01 Å². The molecule has 0 fully saturated rings. The molecule has 0 atom stereocenters. The first kappa shape index (κ1) is 14.0. The summed E-state index contributed by atoms with van der Waals surface area (Å²) in [5, 5.41) is 25.1. The van der Waals surface area contributed by atoms with Crippen molar-refractivity contribution in [2.24, 2.45) is 5.28 Å². The van der Waals surface area contributed by atoms with E-state index in [2.05, 4.69) is 5.32 Å². The van der Waals surface area contributed by atoms with Crippen LogP contribution in [0.15, 0.2) is 5.28 Å². The molecule has 0 rings (SSSR count). The van der Waals surface area contributed by atoms with Crippen molar-refractivity contribution in [2.45, 2.75) is 0 Å². The number of hydrazine groups is 1. The second kappa shape index (κ2) is 7.14. The number of carbonyl (C=O) groups is 1. The first-order valence-corrected chi connectivity index (χ1v) is 2.84. The number of rotatable bonds is 3. The SMILES string of the molecule is CNC(=O)CN(C)/[N+]([O-])=N/[O-].[Na+]. The molecular formula is C4H9N4NaO3. The van der Waals surface area contributed by atoms with Gasteiger partial charge in [-0.2, -0.15) is 0 Å².